The van der Waals surface area contributed by atoms with Crippen molar-refractivity contribution < 1.29 is 0 Å². The van der Waals surface area contributed by atoms with Crippen molar-refractivity contribution >= 4 is 54.4 Å². The second kappa shape index (κ2) is 14.5. The van der Waals surface area contributed by atoms with E-state index < -0.39 is 0 Å². The van der Waals surface area contributed by atoms with Gasteiger partial charge in [0.2, 0.25) is 0 Å². The molecule has 0 aliphatic carbocycles. The maximum atomic E-state index is 5.05. The van der Waals surface area contributed by atoms with Gasteiger partial charge < -0.3 is 0 Å². The molecule has 13 aromatic rings. The predicted molar refractivity (Wildman–Crippen MR) is 267 cm³/mol. The molecule has 13 rings (SSSR count). The number of hydrogen-bond donors (Lipinski definition) is 0. The minimum atomic E-state index is 0.934. The highest BCUT2D eigenvalue weighted by atomic mass is 15.0. The molecule has 0 unspecified atom stereocenters. The summed E-state index contributed by atoms with van der Waals surface area (Å²) < 4.78 is 4.38. The van der Waals surface area contributed by atoms with Crippen molar-refractivity contribution in [2.75, 3.05) is 0 Å². The van der Waals surface area contributed by atoms with Crippen LogP contribution in [0.15, 0.2) is 231 Å². The quantitative estimate of drug-likeness (QED) is 0.157. The summed E-state index contributed by atoms with van der Waals surface area (Å²) in [5, 5.41) is 9.72. The van der Waals surface area contributed by atoms with Crippen molar-refractivity contribution in [1.29, 1.82) is 0 Å². The first-order chi connectivity index (χ1) is 31.7. The molecule has 9 aromatic carbocycles. The zero-order valence-corrected chi connectivity index (χ0v) is 34.7. The van der Waals surface area contributed by atoms with Crippen LogP contribution >= 0.6 is 0 Å². The van der Waals surface area contributed by atoms with Gasteiger partial charge in [-0.3, -0.25) is 8.80 Å². The molecule has 4 aromatic heterocycles. The van der Waals surface area contributed by atoms with Gasteiger partial charge in [0.25, 0.3) is 0 Å². The topological polar surface area (TPSA) is 34.6 Å². The minimum absolute atomic E-state index is 0.934. The third-order valence-corrected chi connectivity index (χ3v) is 12.9. The average Bonchev–Trinajstić information content (AvgIpc) is 4.01. The normalized spacial score (nSPS) is 11.8. The van der Waals surface area contributed by atoms with Crippen molar-refractivity contribution in [2.24, 2.45) is 0 Å². The smallest absolute Gasteiger partial charge is 0.137 e. The van der Waals surface area contributed by atoms with Gasteiger partial charge in [0.05, 0.1) is 22.8 Å². The van der Waals surface area contributed by atoms with Crippen LogP contribution in [0.5, 0.6) is 0 Å². The highest BCUT2D eigenvalue weighted by molar-refractivity contribution is 6.22. The van der Waals surface area contributed by atoms with E-state index in [-0.39, 0.29) is 0 Å². The van der Waals surface area contributed by atoms with Crippen molar-refractivity contribution in [2.45, 2.75) is 0 Å². The number of imidazole rings is 2. The van der Waals surface area contributed by atoms with Crippen LogP contribution in [0, 0.1) is 0 Å². The molecule has 0 fully saturated rings. The first kappa shape index (κ1) is 36.1. The van der Waals surface area contributed by atoms with E-state index in [0.29, 0.717) is 0 Å². The molecule has 4 nitrogen and oxygen atoms in total. The molecule has 0 bridgehead atoms. The van der Waals surface area contributed by atoms with Gasteiger partial charge in [0, 0.05) is 23.5 Å². The van der Waals surface area contributed by atoms with Gasteiger partial charge in [-0.2, -0.15) is 0 Å². The van der Waals surface area contributed by atoms with Crippen LogP contribution < -0.4 is 0 Å². The van der Waals surface area contributed by atoms with Crippen molar-refractivity contribution in [3.8, 4) is 67.3 Å². The molecule has 4 heterocycles. The van der Waals surface area contributed by atoms with E-state index in [9.17, 15) is 0 Å². The number of benzene rings is 9. The first-order valence-corrected chi connectivity index (χ1v) is 21.8. The molecule has 0 N–H and O–H groups in total. The fourth-order valence-corrected chi connectivity index (χ4v) is 9.86. The van der Waals surface area contributed by atoms with Gasteiger partial charge in [0.15, 0.2) is 0 Å². The van der Waals surface area contributed by atoms with Gasteiger partial charge in [-0.05, 0) is 125 Å². The third kappa shape index (κ3) is 5.92. The molecule has 4 heteroatoms. The Labute approximate surface area is 369 Å². The molecule has 0 aliphatic heterocycles. The molecule has 0 saturated carbocycles. The molecular formula is C60H38N4. The van der Waals surface area contributed by atoms with E-state index in [0.717, 1.165) is 45.2 Å². The van der Waals surface area contributed by atoms with Crippen LogP contribution in [-0.2, 0) is 0 Å². The van der Waals surface area contributed by atoms with Crippen LogP contribution in [0.1, 0.15) is 0 Å². The van der Waals surface area contributed by atoms with Gasteiger partial charge in [-0.15, -0.1) is 0 Å². The van der Waals surface area contributed by atoms with Crippen molar-refractivity contribution in [1.82, 2.24) is 18.8 Å². The lowest BCUT2D eigenvalue weighted by Crippen LogP contribution is -1.91. The Kier molecular flexibility index (Phi) is 8.18. The van der Waals surface area contributed by atoms with E-state index in [1.165, 1.54) is 76.5 Å². The Morgan fingerprint density at radius 1 is 0.266 bits per heavy atom. The summed E-state index contributed by atoms with van der Waals surface area (Å²) in [6, 6.07) is 78.7. The van der Waals surface area contributed by atoms with E-state index in [1.807, 2.05) is 0 Å². The Bertz CT molecular complexity index is 3640. The van der Waals surface area contributed by atoms with Gasteiger partial charge in [-0.1, -0.05) is 170 Å². The molecule has 298 valence electrons. The Hall–Kier alpha value is -8.60. The SMILES string of the molecule is c1ccc(-c2cccc3nc(-c4ccc5cc(-c6c7ccccc7c(-c7ccc8cc(-c9cn%10c(-c%11ccccc%11)cccc%10n9)ccc8c7)c7ccccc67)ccc5c4)cn23)cc1. The lowest BCUT2D eigenvalue weighted by atomic mass is 9.85. The van der Waals surface area contributed by atoms with Crippen LogP contribution in [0.25, 0.3) is 122 Å². The summed E-state index contributed by atoms with van der Waals surface area (Å²) in [5.74, 6) is 0. The molecule has 0 radical (unpaired) electrons. The Morgan fingerprint density at radius 2 is 0.609 bits per heavy atom. The third-order valence-electron chi connectivity index (χ3n) is 12.9. The predicted octanol–water partition coefficient (Wildman–Crippen LogP) is 15.6. The lowest BCUT2D eigenvalue weighted by molar-refractivity contribution is 1.19. The zero-order chi connectivity index (χ0) is 42.1. The van der Waals surface area contributed by atoms with Crippen LogP contribution in [-0.4, -0.2) is 18.8 Å². The molecule has 0 saturated heterocycles. The molecule has 0 spiro atoms. The Morgan fingerprint density at radius 3 is 1.00 bits per heavy atom. The fraction of sp³-hybridized carbons (Fsp3) is 0. The first-order valence-electron chi connectivity index (χ1n) is 21.8. The average molecular weight is 815 g/mol. The fourth-order valence-electron chi connectivity index (χ4n) is 9.86. The largest absolute Gasteiger partial charge is 0.299 e. The maximum absolute atomic E-state index is 5.05. The van der Waals surface area contributed by atoms with E-state index in [4.69, 9.17) is 9.97 Å². The Balaban J connectivity index is 0.879. The number of hydrogen-bond acceptors (Lipinski definition) is 2. The summed E-state index contributed by atoms with van der Waals surface area (Å²) in [7, 11) is 0. The summed E-state index contributed by atoms with van der Waals surface area (Å²) in [5.41, 5.74) is 15.5. The second-order valence-electron chi connectivity index (χ2n) is 16.7. The van der Waals surface area contributed by atoms with Crippen molar-refractivity contribution in [3.63, 3.8) is 0 Å². The van der Waals surface area contributed by atoms with Gasteiger partial charge >= 0.3 is 0 Å². The zero-order valence-electron chi connectivity index (χ0n) is 34.7. The summed E-state index contributed by atoms with van der Waals surface area (Å²) in [6.07, 6.45) is 4.31. The van der Waals surface area contributed by atoms with Crippen LogP contribution in [0.4, 0.5) is 0 Å². The van der Waals surface area contributed by atoms with Crippen LogP contribution in [0.3, 0.4) is 0 Å². The van der Waals surface area contributed by atoms with Gasteiger partial charge in [-0.25, -0.2) is 9.97 Å². The number of aromatic nitrogens is 4. The van der Waals surface area contributed by atoms with E-state index in [1.54, 1.807) is 0 Å². The van der Waals surface area contributed by atoms with Crippen molar-refractivity contribution in [3.05, 3.63) is 231 Å². The highest BCUT2D eigenvalue weighted by Gasteiger charge is 2.18. The van der Waals surface area contributed by atoms with E-state index >= 15 is 0 Å². The molecule has 64 heavy (non-hydrogen) atoms. The van der Waals surface area contributed by atoms with Crippen LogP contribution in [0.2, 0.25) is 0 Å². The standard InChI is InChI=1S/C60H38N4/c1-3-13-39(14-4-1)55-21-11-23-57-61-53(37-63(55)57)45-29-25-43-35-47(31-27-41(43)33-45)59-49-17-7-9-19-51(49)60(52-20-10-8-18-50(52)59)48-32-28-42-34-46(30-26-44(42)36-48)54-38-64-56(22-12-24-58(64)62-54)40-15-5-2-6-16-40/h1-38H. The summed E-state index contributed by atoms with van der Waals surface area (Å²) >= 11 is 0. The molecule has 0 aliphatic rings. The maximum Gasteiger partial charge on any atom is 0.137 e. The van der Waals surface area contributed by atoms with E-state index in [2.05, 4.69) is 240 Å². The monoisotopic (exact) mass is 814 g/mol. The summed E-state index contributed by atoms with van der Waals surface area (Å²) in [6.45, 7) is 0. The molecule has 0 atom stereocenters. The number of nitrogens with zero attached hydrogens (tertiary/aromatic N) is 4. The number of pyridine rings is 2. The molecular weight excluding hydrogens is 777 g/mol. The number of fused-ring (bicyclic) bond motifs is 6. The highest BCUT2D eigenvalue weighted by Crippen LogP contribution is 2.45. The molecule has 0 amide bonds. The minimum Gasteiger partial charge on any atom is -0.299 e. The van der Waals surface area contributed by atoms with Gasteiger partial charge in [0.1, 0.15) is 11.3 Å². The summed E-state index contributed by atoms with van der Waals surface area (Å²) in [4.78, 5) is 10.1. The number of rotatable bonds is 6. The second-order valence-corrected chi connectivity index (χ2v) is 16.7. The lowest BCUT2D eigenvalue weighted by Gasteiger charge is -2.18.